The van der Waals surface area contributed by atoms with Crippen molar-refractivity contribution in [3.8, 4) is 0 Å². The summed E-state index contributed by atoms with van der Waals surface area (Å²) in [6.45, 7) is 1.69. The molecule has 0 unspecified atom stereocenters. The molecule has 0 aliphatic heterocycles. The highest BCUT2D eigenvalue weighted by molar-refractivity contribution is 5.70. The Morgan fingerprint density at radius 2 is 1.69 bits per heavy atom. The number of esters is 1. The Hall–Kier alpha value is -0.650. The van der Waals surface area contributed by atoms with Crippen molar-refractivity contribution < 1.29 is 23.7 Å². The van der Waals surface area contributed by atoms with Crippen molar-refractivity contribution in [1.29, 1.82) is 0 Å². The summed E-state index contributed by atoms with van der Waals surface area (Å²) in [4.78, 5) is 10.7. The van der Waals surface area contributed by atoms with Crippen molar-refractivity contribution in [2.24, 2.45) is 0 Å². The van der Waals surface area contributed by atoms with Crippen molar-refractivity contribution in [3.63, 3.8) is 0 Å². The van der Waals surface area contributed by atoms with Gasteiger partial charge in [0.25, 0.3) is 0 Å². The molecule has 0 atom stereocenters. The molecule has 0 aromatic heterocycles. The van der Waals surface area contributed by atoms with E-state index in [1.54, 1.807) is 7.11 Å². The molecule has 0 aromatic rings. The van der Waals surface area contributed by atoms with Crippen LogP contribution in [0.1, 0.15) is 0 Å². The first kappa shape index (κ1) is 12.3. The number of ether oxygens (including phenoxy) is 4. The molecule has 0 aliphatic carbocycles. The number of hydrogen-bond donors (Lipinski definition) is 0. The molecule has 0 spiro atoms. The average molecular weight is 192 g/mol. The predicted molar refractivity (Wildman–Crippen MR) is 45.5 cm³/mol. The zero-order valence-electron chi connectivity index (χ0n) is 8.08. The standard InChI is InChI=1S/C8H16O5/c1-10-3-4-12-5-6-13-8(9)7-11-2/h3-7H2,1-2H3. The van der Waals surface area contributed by atoms with Crippen molar-refractivity contribution in [2.45, 2.75) is 0 Å². The van der Waals surface area contributed by atoms with E-state index in [4.69, 9.17) is 14.2 Å². The Morgan fingerprint density at radius 3 is 2.31 bits per heavy atom. The van der Waals surface area contributed by atoms with Crippen molar-refractivity contribution in [1.82, 2.24) is 0 Å². The van der Waals surface area contributed by atoms with Crippen LogP contribution in [0.4, 0.5) is 0 Å². The molecule has 0 rings (SSSR count). The molecular formula is C8H16O5. The molecule has 5 nitrogen and oxygen atoms in total. The maximum absolute atomic E-state index is 10.7. The number of carbonyl (C=O) groups excluding carboxylic acids is 1. The van der Waals surface area contributed by atoms with Crippen LogP contribution in [0.5, 0.6) is 0 Å². The second-order valence-corrected chi connectivity index (χ2v) is 2.26. The zero-order valence-corrected chi connectivity index (χ0v) is 8.08. The maximum Gasteiger partial charge on any atom is 0.332 e. The van der Waals surface area contributed by atoms with Gasteiger partial charge in [0.05, 0.1) is 19.8 Å². The molecular weight excluding hydrogens is 176 g/mol. The lowest BCUT2D eigenvalue weighted by atomic mass is 10.7. The molecule has 0 N–H and O–H groups in total. The summed E-state index contributed by atoms with van der Waals surface area (Å²) < 4.78 is 19.1. The SMILES string of the molecule is COCCOCCOC(=O)COC. The summed E-state index contributed by atoms with van der Waals surface area (Å²) in [5.74, 6) is -0.377. The highest BCUT2D eigenvalue weighted by Crippen LogP contribution is 1.82. The minimum atomic E-state index is -0.377. The van der Waals surface area contributed by atoms with Crippen LogP contribution in [0.15, 0.2) is 0 Å². The smallest absolute Gasteiger partial charge is 0.332 e. The number of methoxy groups -OCH3 is 2. The van der Waals surface area contributed by atoms with E-state index >= 15 is 0 Å². The van der Waals surface area contributed by atoms with Gasteiger partial charge in [-0.25, -0.2) is 4.79 Å². The molecule has 78 valence electrons. The maximum atomic E-state index is 10.7. The molecule has 5 heteroatoms. The molecule has 0 bridgehead atoms. The number of hydrogen-bond acceptors (Lipinski definition) is 5. The van der Waals surface area contributed by atoms with E-state index in [1.165, 1.54) is 7.11 Å². The van der Waals surface area contributed by atoms with Gasteiger partial charge in [0.2, 0.25) is 0 Å². The first-order valence-electron chi connectivity index (χ1n) is 4.02. The summed E-state index contributed by atoms with van der Waals surface area (Å²) >= 11 is 0. The molecule has 0 amide bonds. The van der Waals surface area contributed by atoms with E-state index in [9.17, 15) is 4.79 Å². The van der Waals surface area contributed by atoms with Gasteiger partial charge < -0.3 is 18.9 Å². The summed E-state index contributed by atoms with van der Waals surface area (Å²) in [5, 5.41) is 0. The lowest BCUT2D eigenvalue weighted by molar-refractivity contribution is -0.149. The van der Waals surface area contributed by atoms with Crippen molar-refractivity contribution in [2.75, 3.05) is 47.3 Å². The Labute approximate surface area is 77.9 Å². The van der Waals surface area contributed by atoms with E-state index < -0.39 is 0 Å². The average Bonchev–Trinajstić information content (AvgIpc) is 2.11. The van der Waals surface area contributed by atoms with E-state index in [2.05, 4.69) is 4.74 Å². The number of carbonyl (C=O) groups is 1. The van der Waals surface area contributed by atoms with Gasteiger partial charge in [-0.05, 0) is 0 Å². The van der Waals surface area contributed by atoms with Crippen LogP contribution >= 0.6 is 0 Å². The van der Waals surface area contributed by atoms with Crippen molar-refractivity contribution >= 4 is 5.97 Å². The van der Waals surface area contributed by atoms with Gasteiger partial charge in [-0.2, -0.15) is 0 Å². The van der Waals surface area contributed by atoms with Gasteiger partial charge in [0.1, 0.15) is 13.2 Å². The van der Waals surface area contributed by atoms with Gasteiger partial charge >= 0.3 is 5.97 Å². The third kappa shape index (κ3) is 9.26. The van der Waals surface area contributed by atoms with E-state index in [0.29, 0.717) is 19.8 Å². The summed E-state index contributed by atoms with van der Waals surface area (Å²) in [6, 6.07) is 0. The van der Waals surface area contributed by atoms with Crippen LogP contribution in [0.3, 0.4) is 0 Å². The topological polar surface area (TPSA) is 54.0 Å². The minimum Gasteiger partial charge on any atom is -0.462 e. The number of rotatable bonds is 8. The van der Waals surface area contributed by atoms with E-state index in [-0.39, 0.29) is 19.2 Å². The zero-order chi connectivity index (χ0) is 9.94. The highest BCUT2D eigenvalue weighted by atomic mass is 16.6. The van der Waals surface area contributed by atoms with Crippen LogP contribution in [-0.2, 0) is 23.7 Å². The van der Waals surface area contributed by atoms with Gasteiger partial charge in [-0.3, -0.25) is 0 Å². The van der Waals surface area contributed by atoms with Crippen molar-refractivity contribution in [3.05, 3.63) is 0 Å². The van der Waals surface area contributed by atoms with E-state index in [1.807, 2.05) is 0 Å². The summed E-state index contributed by atoms with van der Waals surface area (Å²) in [5.41, 5.74) is 0. The Balaban J connectivity index is 3.02. The van der Waals surface area contributed by atoms with Gasteiger partial charge in [0.15, 0.2) is 0 Å². The molecule has 0 radical (unpaired) electrons. The Bertz CT molecular complexity index is 126. The fraction of sp³-hybridized carbons (Fsp3) is 0.875. The van der Waals surface area contributed by atoms with Crippen LogP contribution in [-0.4, -0.2) is 53.2 Å². The van der Waals surface area contributed by atoms with Gasteiger partial charge in [0, 0.05) is 14.2 Å². The monoisotopic (exact) mass is 192 g/mol. The minimum absolute atomic E-state index is 0.0158. The first-order chi connectivity index (χ1) is 6.31. The molecule has 0 saturated carbocycles. The van der Waals surface area contributed by atoms with Crippen LogP contribution in [0, 0.1) is 0 Å². The van der Waals surface area contributed by atoms with E-state index in [0.717, 1.165) is 0 Å². The van der Waals surface area contributed by atoms with Crippen LogP contribution < -0.4 is 0 Å². The molecule has 0 heterocycles. The molecule has 0 aliphatic rings. The molecule has 0 aromatic carbocycles. The summed E-state index contributed by atoms with van der Waals surface area (Å²) in [6.07, 6.45) is 0. The second kappa shape index (κ2) is 9.44. The third-order valence-electron chi connectivity index (χ3n) is 1.18. The lowest BCUT2D eigenvalue weighted by Gasteiger charge is -2.04. The van der Waals surface area contributed by atoms with Crippen LogP contribution in [0.25, 0.3) is 0 Å². The normalized spacial score (nSPS) is 10.0. The predicted octanol–water partition coefficient (Wildman–Crippen LogP) is -0.161. The van der Waals surface area contributed by atoms with Gasteiger partial charge in [-0.15, -0.1) is 0 Å². The molecule has 0 fully saturated rings. The quantitative estimate of drug-likeness (QED) is 0.395. The molecule has 0 saturated heterocycles. The highest BCUT2D eigenvalue weighted by Gasteiger charge is 1.99. The Morgan fingerprint density at radius 1 is 1.00 bits per heavy atom. The Kier molecular flexibility index (Phi) is 8.97. The third-order valence-corrected chi connectivity index (χ3v) is 1.18. The largest absolute Gasteiger partial charge is 0.462 e. The summed E-state index contributed by atoms with van der Waals surface area (Å²) in [7, 11) is 3.04. The van der Waals surface area contributed by atoms with Crippen LogP contribution in [0.2, 0.25) is 0 Å². The first-order valence-corrected chi connectivity index (χ1v) is 4.02. The fourth-order valence-electron chi connectivity index (χ4n) is 0.618. The second-order valence-electron chi connectivity index (χ2n) is 2.26. The lowest BCUT2D eigenvalue weighted by Crippen LogP contribution is -2.15. The molecule has 13 heavy (non-hydrogen) atoms. The van der Waals surface area contributed by atoms with Gasteiger partial charge in [-0.1, -0.05) is 0 Å². The fourth-order valence-corrected chi connectivity index (χ4v) is 0.618.